The van der Waals surface area contributed by atoms with Crippen molar-refractivity contribution in [3.63, 3.8) is 0 Å². The molecule has 0 unspecified atom stereocenters. The van der Waals surface area contributed by atoms with Gasteiger partial charge in [-0.25, -0.2) is 0 Å². The minimum absolute atomic E-state index is 0. The molecule has 0 fully saturated rings. The SMILES string of the molecule is Br.Br.Br.Br.[Mn]. The van der Waals surface area contributed by atoms with E-state index in [-0.39, 0.29) is 85.0 Å². The van der Waals surface area contributed by atoms with Crippen LogP contribution in [0.5, 0.6) is 0 Å². The van der Waals surface area contributed by atoms with E-state index in [2.05, 4.69) is 0 Å². The van der Waals surface area contributed by atoms with Crippen LogP contribution in [0.2, 0.25) is 0 Å². The van der Waals surface area contributed by atoms with Gasteiger partial charge in [0.15, 0.2) is 0 Å². The van der Waals surface area contributed by atoms with Gasteiger partial charge in [0.25, 0.3) is 0 Å². The minimum atomic E-state index is 0. The third-order valence-electron chi connectivity index (χ3n) is 0. The van der Waals surface area contributed by atoms with Crippen LogP contribution in [0.3, 0.4) is 0 Å². The fraction of sp³-hybridized carbons (Fsp3) is 0. The molecule has 5 heteroatoms. The van der Waals surface area contributed by atoms with Crippen LogP contribution in [0.1, 0.15) is 0 Å². The van der Waals surface area contributed by atoms with Gasteiger partial charge in [0, 0.05) is 17.1 Å². The van der Waals surface area contributed by atoms with Crippen molar-refractivity contribution < 1.29 is 17.1 Å². The van der Waals surface area contributed by atoms with E-state index in [0.29, 0.717) is 0 Å². The maximum atomic E-state index is 0. The van der Waals surface area contributed by atoms with Gasteiger partial charge in [-0.3, -0.25) is 0 Å². The summed E-state index contributed by atoms with van der Waals surface area (Å²) in [6, 6.07) is 0. The molecular weight excluding hydrogens is 375 g/mol. The molecule has 0 spiro atoms. The zero-order chi connectivity index (χ0) is 0. The van der Waals surface area contributed by atoms with E-state index in [1.165, 1.54) is 0 Å². The maximum absolute atomic E-state index is 0. The molecule has 0 atom stereocenters. The number of hydrogen-bond donors (Lipinski definition) is 0. The van der Waals surface area contributed by atoms with Crippen LogP contribution < -0.4 is 0 Å². The van der Waals surface area contributed by atoms with E-state index in [9.17, 15) is 0 Å². The van der Waals surface area contributed by atoms with Gasteiger partial charge in [-0.05, 0) is 0 Å². The molecule has 0 aliphatic heterocycles. The molecule has 0 aromatic rings. The van der Waals surface area contributed by atoms with Crippen LogP contribution >= 0.6 is 67.9 Å². The van der Waals surface area contributed by atoms with E-state index in [0.717, 1.165) is 0 Å². The normalized spacial score (nSPS) is 0. The molecule has 0 N–H and O–H groups in total. The van der Waals surface area contributed by atoms with Crippen molar-refractivity contribution in [2.45, 2.75) is 0 Å². The van der Waals surface area contributed by atoms with Crippen LogP contribution in [0.15, 0.2) is 0 Å². The van der Waals surface area contributed by atoms with Crippen molar-refractivity contribution in [3.8, 4) is 0 Å². The van der Waals surface area contributed by atoms with Crippen LogP contribution in [0.4, 0.5) is 0 Å². The Morgan fingerprint density at radius 3 is 0.400 bits per heavy atom. The Kier molecular flexibility index (Phi) is 332. The van der Waals surface area contributed by atoms with Gasteiger partial charge < -0.3 is 0 Å². The van der Waals surface area contributed by atoms with Gasteiger partial charge in [-0.1, -0.05) is 0 Å². The second kappa shape index (κ2) is 32.0. The zero-order valence-electron chi connectivity index (χ0n) is 2.01. The largest absolute Gasteiger partial charge is 0.114 e. The summed E-state index contributed by atoms with van der Waals surface area (Å²) in [6.07, 6.45) is 0. The minimum Gasteiger partial charge on any atom is -0.114 e. The van der Waals surface area contributed by atoms with Gasteiger partial charge in [0.2, 0.25) is 0 Å². The van der Waals surface area contributed by atoms with Crippen molar-refractivity contribution >= 4 is 67.9 Å². The second-order valence-electron chi connectivity index (χ2n) is 0. The van der Waals surface area contributed by atoms with Gasteiger partial charge >= 0.3 is 0 Å². The molecule has 0 nitrogen and oxygen atoms in total. The first kappa shape index (κ1) is 51.8. The topological polar surface area (TPSA) is 0 Å². The predicted octanol–water partition coefficient (Wildman–Crippen LogP) is 2.31. The van der Waals surface area contributed by atoms with Crippen molar-refractivity contribution in [2.75, 3.05) is 0 Å². The van der Waals surface area contributed by atoms with Gasteiger partial charge in [0.1, 0.15) is 0 Å². The Hall–Kier alpha value is 2.44. The van der Waals surface area contributed by atoms with E-state index in [1.807, 2.05) is 0 Å². The predicted molar refractivity (Wildman–Crippen MR) is 41.3 cm³/mol. The van der Waals surface area contributed by atoms with Gasteiger partial charge in [0.05, 0.1) is 0 Å². The van der Waals surface area contributed by atoms with Crippen molar-refractivity contribution in [1.82, 2.24) is 0 Å². The molecule has 0 amide bonds. The van der Waals surface area contributed by atoms with Crippen molar-refractivity contribution in [3.05, 3.63) is 0 Å². The second-order valence-corrected chi connectivity index (χ2v) is 0. The molecule has 39 valence electrons. The zero-order valence-corrected chi connectivity index (χ0v) is 10.0. The molecule has 1 radical (unpaired) electrons. The first-order valence-corrected chi connectivity index (χ1v) is 0. The summed E-state index contributed by atoms with van der Waals surface area (Å²) in [7, 11) is 0. The first-order chi connectivity index (χ1) is 0. The van der Waals surface area contributed by atoms with Gasteiger partial charge in [-0.15, -0.1) is 67.9 Å². The van der Waals surface area contributed by atoms with Crippen molar-refractivity contribution in [2.24, 2.45) is 0 Å². The average Bonchev–Trinajstić information content (AvgIpc) is 0. The van der Waals surface area contributed by atoms with E-state index in [1.54, 1.807) is 0 Å². The van der Waals surface area contributed by atoms with Crippen LogP contribution in [0.25, 0.3) is 0 Å². The summed E-state index contributed by atoms with van der Waals surface area (Å²) >= 11 is 0. The van der Waals surface area contributed by atoms with E-state index >= 15 is 0 Å². The summed E-state index contributed by atoms with van der Waals surface area (Å²) in [5.74, 6) is 0. The van der Waals surface area contributed by atoms with Gasteiger partial charge in [-0.2, -0.15) is 0 Å². The molecule has 0 aromatic carbocycles. The Balaban J connectivity index is 0. The summed E-state index contributed by atoms with van der Waals surface area (Å²) in [6.45, 7) is 0. The van der Waals surface area contributed by atoms with Crippen LogP contribution in [-0.2, 0) is 17.1 Å². The average molecular weight is 379 g/mol. The molecule has 0 aromatic heterocycles. The molecule has 0 aliphatic rings. The Morgan fingerprint density at radius 2 is 0.400 bits per heavy atom. The maximum Gasteiger partial charge on any atom is 0 e. The smallest absolute Gasteiger partial charge is 0 e. The molecule has 0 aliphatic carbocycles. The third kappa shape index (κ3) is 21.3. The standard InChI is InChI=1S/4BrH.Mn/h4*1H;. The molecule has 0 heterocycles. The Labute approximate surface area is 84.0 Å². The molecule has 5 heavy (non-hydrogen) atoms. The Morgan fingerprint density at radius 1 is 0.400 bits per heavy atom. The van der Waals surface area contributed by atoms with E-state index in [4.69, 9.17) is 0 Å². The summed E-state index contributed by atoms with van der Waals surface area (Å²) in [4.78, 5) is 0. The number of hydrogen-bond acceptors (Lipinski definition) is 0. The Bertz CT molecular complexity index is 3.61. The number of rotatable bonds is 0. The fourth-order valence-electron chi connectivity index (χ4n) is 0. The first-order valence-electron chi connectivity index (χ1n) is 0. The molecule has 0 rings (SSSR count). The number of halogens is 4. The monoisotopic (exact) mass is 375 g/mol. The molecule has 0 bridgehead atoms. The van der Waals surface area contributed by atoms with Crippen LogP contribution in [0, 0.1) is 0 Å². The quantitative estimate of drug-likeness (QED) is 0.568. The summed E-state index contributed by atoms with van der Waals surface area (Å²) in [5.41, 5.74) is 0. The van der Waals surface area contributed by atoms with Crippen molar-refractivity contribution in [1.29, 1.82) is 0 Å². The fourth-order valence-corrected chi connectivity index (χ4v) is 0. The van der Waals surface area contributed by atoms with Crippen LogP contribution in [-0.4, -0.2) is 0 Å². The molecule has 0 saturated heterocycles. The molecule has 0 saturated carbocycles. The summed E-state index contributed by atoms with van der Waals surface area (Å²) < 4.78 is 0. The third-order valence-corrected chi connectivity index (χ3v) is 0. The molecular formula is H4Br4Mn. The van der Waals surface area contributed by atoms with E-state index < -0.39 is 0 Å². The summed E-state index contributed by atoms with van der Waals surface area (Å²) in [5, 5.41) is 0.